The number of aromatic nitrogens is 2. The Balaban J connectivity index is 0.00000140. The summed E-state index contributed by atoms with van der Waals surface area (Å²) in [7, 11) is 0. The van der Waals surface area contributed by atoms with Crippen molar-refractivity contribution in [3.8, 4) is 0 Å². The van der Waals surface area contributed by atoms with Gasteiger partial charge in [0.05, 0.1) is 25.1 Å². The van der Waals surface area contributed by atoms with Crippen molar-refractivity contribution in [3.05, 3.63) is 46.6 Å². The minimum atomic E-state index is 0. The van der Waals surface area contributed by atoms with E-state index in [0.717, 1.165) is 62.9 Å². The van der Waals surface area contributed by atoms with E-state index in [2.05, 4.69) is 44.8 Å². The lowest BCUT2D eigenvalue weighted by Gasteiger charge is -2.31. The zero-order valence-electron chi connectivity index (χ0n) is 15.9. The van der Waals surface area contributed by atoms with E-state index in [-0.39, 0.29) is 24.8 Å². The molecule has 9 heteroatoms. The van der Waals surface area contributed by atoms with Crippen LogP contribution in [0.3, 0.4) is 0 Å². The van der Waals surface area contributed by atoms with Gasteiger partial charge in [-0.3, -0.25) is 0 Å². The van der Waals surface area contributed by atoms with Crippen LogP contribution in [0.5, 0.6) is 0 Å². The molecule has 0 amide bonds. The van der Waals surface area contributed by atoms with Gasteiger partial charge in [0.1, 0.15) is 5.82 Å². The number of morpholine rings is 1. The molecular weight excluding hydrogens is 399 g/mol. The van der Waals surface area contributed by atoms with Crippen molar-refractivity contribution in [1.29, 1.82) is 0 Å². The van der Waals surface area contributed by atoms with E-state index in [1.54, 1.807) is 6.21 Å². The third kappa shape index (κ3) is 5.32. The summed E-state index contributed by atoms with van der Waals surface area (Å²) in [5, 5.41) is 7.71. The Labute approximate surface area is 177 Å². The van der Waals surface area contributed by atoms with Crippen LogP contribution in [-0.4, -0.2) is 49.0 Å². The first kappa shape index (κ1) is 22.4. The highest BCUT2D eigenvalue weighted by Gasteiger charge is 2.22. The Kier molecular flexibility index (Phi) is 8.44. The third-order valence-electron chi connectivity index (χ3n) is 4.65. The van der Waals surface area contributed by atoms with Crippen molar-refractivity contribution >= 4 is 42.8 Å². The van der Waals surface area contributed by atoms with Crippen molar-refractivity contribution < 1.29 is 4.74 Å². The molecule has 0 atom stereocenters. The Morgan fingerprint density at radius 1 is 1.21 bits per heavy atom. The van der Waals surface area contributed by atoms with Crippen LogP contribution >= 0.6 is 24.8 Å². The summed E-state index contributed by atoms with van der Waals surface area (Å²) in [4.78, 5) is 11.7. The van der Waals surface area contributed by atoms with Gasteiger partial charge in [-0.25, -0.2) is 10.4 Å². The molecule has 28 heavy (non-hydrogen) atoms. The smallest absolute Gasteiger partial charge is 0.245 e. The van der Waals surface area contributed by atoms with E-state index in [9.17, 15) is 0 Å². The van der Waals surface area contributed by atoms with E-state index in [1.165, 1.54) is 11.1 Å². The van der Waals surface area contributed by atoms with Gasteiger partial charge in [0, 0.05) is 25.2 Å². The molecule has 1 aromatic heterocycles. The Morgan fingerprint density at radius 2 is 2.04 bits per heavy atom. The minimum Gasteiger partial charge on any atom is -0.378 e. The van der Waals surface area contributed by atoms with Gasteiger partial charge in [0.15, 0.2) is 0 Å². The molecule has 2 N–H and O–H groups in total. The average Bonchev–Trinajstić information content (AvgIpc) is 2.68. The first-order valence-corrected chi connectivity index (χ1v) is 9.08. The molecule has 1 saturated heterocycles. The SMILES string of the molecule is Cc1cccc(/C=N/Nc2nc3c(c(N4CCOCC4)n2)CCNC3)c1.Cl.Cl. The van der Waals surface area contributed by atoms with Crippen LogP contribution in [0.25, 0.3) is 0 Å². The molecule has 0 unspecified atom stereocenters. The molecule has 0 saturated carbocycles. The molecule has 4 rings (SSSR count). The number of nitrogens with zero attached hydrogens (tertiary/aromatic N) is 4. The maximum absolute atomic E-state index is 5.48. The minimum absolute atomic E-state index is 0. The van der Waals surface area contributed by atoms with Crippen molar-refractivity contribution in [2.75, 3.05) is 43.2 Å². The normalized spacial score (nSPS) is 16.1. The van der Waals surface area contributed by atoms with Crippen LogP contribution in [0.1, 0.15) is 22.4 Å². The number of nitrogens with one attached hydrogen (secondary N) is 2. The maximum atomic E-state index is 5.48. The second-order valence-electron chi connectivity index (χ2n) is 6.61. The number of halogens is 2. The number of hydrogen-bond acceptors (Lipinski definition) is 7. The van der Waals surface area contributed by atoms with Gasteiger partial charge in [-0.1, -0.05) is 29.8 Å². The molecule has 3 heterocycles. The molecule has 1 aromatic carbocycles. The van der Waals surface area contributed by atoms with Crippen LogP contribution in [0.4, 0.5) is 11.8 Å². The first-order chi connectivity index (χ1) is 12.8. The summed E-state index contributed by atoms with van der Waals surface area (Å²) in [5.74, 6) is 1.56. The fraction of sp³-hybridized carbons (Fsp3) is 0.421. The number of ether oxygens (including phenoxy) is 1. The zero-order valence-corrected chi connectivity index (χ0v) is 17.5. The largest absolute Gasteiger partial charge is 0.378 e. The van der Waals surface area contributed by atoms with Crippen molar-refractivity contribution in [2.24, 2.45) is 5.10 Å². The van der Waals surface area contributed by atoms with Crippen molar-refractivity contribution in [1.82, 2.24) is 15.3 Å². The second-order valence-corrected chi connectivity index (χ2v) is 6.61. The van der Waals surface area contributed by atoms with Gasteiger partial charge in [-0.2, -0.15) is 10.1 Å². The zero-order chi connectivity index (χ0) is 17.8. The number of hydrazone groups is 1. The topological polar surface area (TPSA) is 74.7 Å². The monoisotopic (exact) mass is 424 g/mol. The standard InChI is InChI=1S/C19H24N6O.2ClH/c1-14-3-2-4-15(11-14)12-21-24-19-22-17-13-20-6-5-16(17)18(23-19)25-7-9-26-10-8-25;;/h2-4,11-12,20H,5-10,13H2,1H3,(H,22,23,24);2*1H/b21-12+;;. The molecule has 0 radical (unpaired) electrons. The fourth-order valence-corrected chi connectivity index (χ4v) is 3.34. The summed E-state index contributed by atoms with van der Waals surface area (Å²) in [6.45, 7) is 7.01. The number of fused-ring (bicyclic) bond motifs is 1. The quantitative estimate of drug-likeness (QED) is 0.580. The predicted octanol–water partition coefficient (Wildman–Crippen LogP) is 2.56. The molecule has 2 aliphatic rings. The Morgan fingerprint density at radius 3 is 2.82 bits per heavy atom. The number of benzene rings is 1. The lowest BCUT2D eigenvalue weighted by atomic mass is 10.1. The average molecular weight is 425 g/mol. The van der Waals surface area contributed by atoms with Gasteiger partial charge in [0.25, 0.3) is 0 Å². The van der Waals surface area contributed by atoms with Crippen LogP contribution in [0, 0.1) is 6.92 Å². The van der Waals surface area contributed by atoms with E-state index in [0.29, 0.717) is 5.95 Å². The molecular formula is C19H26Cl2N6O. The van der Waals surface area contributed by atoms with Crippen LogP contribution in [0.15, 0.2) is 29.4 Å². The van der Waals surface area contributed by atoms with E-state index in [1.807, 2.05) is 12.1 Å². The van der Waals surface area contributed by atoms with Gasteiger partial charge in [-0.05, 0) is 25.5 Å². The Hall–Kier alpha value is -1.93. The van der Waals surface area contributed by atoms with Gasteiger partial charge < -0.3 is 15.0 Å². The van der Waals surface area contributed by atoms with E-state index >= 15 is 0 Å². The summed E-state index contributed by atoms with van der Waals surface area (Å²) in [6.07, 6.45) is 2.75. The Bertz CT molecular complexity index is 811. The van der Waals surface area contributed by atoms with Gasteiger partial charge in [-0.15, -0.1) is 24.8 Å². The van der Waals surface area contributed by atoms with Crippen LogP contribution in [0.2, 0.25) is 0 Å². The van der Waals surface area contributed by atoms with Gasteiger partial charge in [0.2, 0.25) is 5.95 Å². The molecule has 152 valence electrons. The maximum Gasteiger partial charge on any atom is 0.245 e. The first-order valence-electron chi connectivity index (χ1n) is 9.08. The van der Waals surface area contributed by atoms with Crippen molar-refractivity contribution in [2.45, 2.75) is 19.9 Å². The lowest BCUT2D eigenvalue weighted by Crippen LogP contribution is -2.39. The molecule has 0 bridgehead atoms. The third-order valence-corrected chi connectivity index (χ3v) is 4.65. The molecule has 1 fully saturated rings. The highest BCUT2D eigenvalue weighted by atomic mass is 35.5. The molecule has 2 aliphatic heterocycles. The fourth-order valence-electron chi connectivity index (χ4n) is 3.34. The number of hydrogen-bond donors (Lipinski definition) is 2. The van der Waals surface area contributed by atoms with Crippen molar-refractivity contribution in [3.63, 3.8) is 0 Å². The molecule has 0 spiro atoms. The summed E-state index contributed by atoms with van der Waals surface area (Å²) in [6, 6.07) is 8.20. The van der Waals surface area contributed by atoms with Crippen LogP contribution < -0.4 is 15.6 Å². The van der Waals surface area contributed by atoms with Crippen LogP contribution in [-0.2, 0) is 17.7 Å². The summed E-state index contributed by atoms with van der Waals surface area (Å²) < 4.78 is 5.48. The summed E-state index contributed by atoms with van der Waals surface area (Å²) in [5.41, 5.74) is 7.56. The molecule has 7 nitrogen and oxygen atoms in total. The summed E-state index contributed by atoms with van der Waals surface area (Å²) >= 11 is 0. The molecule has 2 aromatic rings. The lowest BCUT2D eigenvalue weighted by molar-refractivity contribution is 0.122. The second kappa shape index (κ2) is 10.6. The number of aryl methyl sites for hydroxylation is 1. The van der Waals surface area contributed by atoms with E-state index < -0.39 is 0 Å². The molecule has 0 aliphatic carbocycles. The number of anilines is 2. The van der Waals surface area contributed by atoms with Gasteiger partial charge >= 0.3 is 0 Å². The predicted molar refractivity (Wildman–Crippen MR) is 117 cm³/mol. The number of rotatable bonds is 4. The highest BCUT2D eigenvalue weighted by molar-refractivity contribution is 5.85. The highest BCUT2D eigenvalue weighted by Crippen LogP contribution is 2.26. The van der Waals surface area contributed by atoms with E-state index in [4.69, 9.17) is 9.72 Å².